The van der Waals surface area contributed by atoms with Gasteiger partial charge in [-0.05, 0) is 6.42 Å². The lowest BCUT2D eigenvalue weighted by atomic mass is 9.97. The molecule has 2 rings (SSSR count). The largest absolute Gasteiger partial charge is 0.394 e. The molecule has 2 saturated heterocycles. The smallest absolute Gasteiger partial charge is 0.217 e. The molecule has 12 unspecified atom stereocenters. The maximum Gasteiger partial charge on any atom is 0.217 e. The van der Waals surface area contributed by atoms with Crippen LogP contribution in [0.3, 0.4) is 0 Å². The fourth-order valence-electron chi connectivity index (χ4n) is 5.09. The fourth-order valence-corrected chi connectivity index (χ4v) is 5.09. The highest BCUT2D eigenvalue weighted by molar-refractivity contribution is 5.73. The Bertz CT molecular complexity index is 729. The van der Waals surface area contributed by atoms with Crippen molar-refractivity contribution in [3.05, 3.63) is 0 Å². The molecular weight excluding hydrogens is 546 g/mol. The van der Waals surface area contributed by atoms with Crippen molar-refractivity contribution in [2.45, 2.75) is 145 Å². The van der Waals surface area contributed by atoms with Gasteiger partial charge in [0.25, 0.3) is 0 Å². The molecule has 0 spiro atoms. The van der Waals surface area contributed by atoms with Crippen molar-refractivity contribution in [3.63, 3.8) is 0 Å². The molecule has 1 amide bonds. The van der Waals surface area contributed by atoms with Crippen LogP contribution in [-0.2, 0) is 23.7 Å². The van der Waals surface area contributed by atoms with Gasteiger partial charge in [-0.1, -0.05) is 58.3 Å². The van der Waals surface area contributed by atoms with Crippen molar-refractivity contribution >= 4 is 5.91 Å². The Hall–Kier alpha value is -1.01. The molecular formula is C27H51NO13. The summed E-state index contributed by atoms with van der Waals surface area (Å²) >= 11 is 0. The van der Waals surface area contributed by atoms with Gasteiger partial charge in [-0.15, -0.1) is 0 Å². The van der Waals surface area contributed by atoms with Crippen LogP contribution < -0.4 is 5.32 Å². The van der Waals surface area contributed by atoms with Crippen LogP contribution in [0.25, 0.3) is 0 Å². The quantitative estimate of drug-likeness (QED) is 0.0782. The van der Waals surface area contributed by atoms with E-state index in [0.717, 1.165) is 25.7 Å². The topological polar surface area (TPSA) is 228 Å². The third kappa shape index (κ3) is 10.9. The summed E-state index contributed by atoms with van der Waals surface area (Å²) in [7, 11) is 0. The van der Waals surface area contributed by atoms with Gasteiger partial charge >= 0.3 is 0 Å². The highest BCUT2D eigenvalue weighted by atomic mass is 16.7. The van der Waals surface area contributed by atoms with E-state index in [1.54, 1.807) is 0 Å². The molecule has 0 bridgehead atoms. The zero-order chi connectivity index (χ0) is 30.5. The predicted octanol–water partition coefficient (Wildman–Crippen LogP) is -1.98. The van der Waals surface area contributed by atoms with Crippen molar-refractivity contribution in [3.8, 4) is 0 Å². The van der Waals surface area contributed by atoms with Crippen LogP contribution in [0.2, 0.25) is 0 Å². The van der Waals surface area contributed by atoms with Gasteiger partial charge in [0.1, 0.15) is 48.8 Å². The standard InChI is InChI=1S/C27H51NO13/c1-3-4-5-6-7-8-9-10-11-17(32)16(28-15(2)31)14-38-26-24(37)22(35)25(19(13-30)40-26)41-27-23(36)21(34)20(33)18(12-29)39-27/h16-27,29-30,32-37H,3-14H2,1-2H3,(H,28,31). The van der Waals surface area contributed by atoms with Crippen LogP contribution in [0.5, 0.6) is 0 Å². The summed E-state index contributed by atoms with van der Waals surface area (Å²) in [4.78, 5) is 11.7. The number of aliphatic hydroxyl groups is 8. The SMILES string of the molecule is CCCCCCCCCCC(O)C(COC1OC(CO)C(OC2OC(CO)C(O)C(O)C2O)C(O)C1O)NC(C)=O. The van der Waals surface area contributed by atoms with Gasteiger partial charge in [0.15, 0.2) is 12.6 Å². The first-order chi connectivity index (χ1) is 19.5. The first-order valence-electron chi connectivity index (χ1n) is 14.7. The monoisotopic (exact) mass is 597 g/mol. The molecule has 0 radical (unpaired) electrons. The number of amides is 1. The molecule has 0 saturated carbocycles. The summed E-state index contributed by atoms with van der Waals surface area (Å²) in [5.41, 5.74) is 0. The number of hydrogen-bond donors (Lipinski definition) is 9. The number of aliphatic hydroxyl groups excluding tert-OH is 8. The third-order valence-corrected chi connectivity index (χ3v) is 7.61. The zero-order valence-corrected chi connectivity index (χ0v) is 24.0. The van der Waals surface area contributed by atoms with E-state index in [4.69, 9.17) is 18.9 Å². The Morgan fingerprint density at radius 1 is 0.780 bits per heavy atom. The molecule has 9 N–H and O–H groups in total. The van der Waals surface area contributed by atoms with E-state index >= 15 is 0 Å². The average Bonchev–Trinajstić information content (AvgIpc) is 2.95. The maximum absolute atomic E-state index is 11.7. The fraction of sp³-hybridized carbons (Fsp3) is 0.963. The number of carbonyl (C=O) groups excluding carboxylic acids is 1. The van der Waals surface area contributed by atoms with E-state index in [0.29, 0.717) is 6.42 Å². The summed E-state index contributed by atoms with van der Waals surface area (Å²) < 4.78 is 22.0. The van der Waals surface area contributed by atoms with Crippen LogP contribution in [0, 0.1) is 0 Å². The number of unbranched alkanes of at least 4 members (excludes halogenated alkanes) is 7. The van der Waals surface area contributed by atoms with Crippen LogP contribution in [0.4, 0.5) is 0 Å². The molecule has 2 aliphatic rings. The van der Waals surface area contributed by atoms with Gasteiger partial charge in [0, 0.05) is 6.92 Å². The van der Waals surface area contributed by atoms with E-state index in [9.17, 15) is 45.6 Å². The number of carbonyl (C=O) groups is 1. The van der Waals surface area contributed by atoms with E-state index in [-0.39, 0.29) is 12.5 Å². The molecule has 14 heteroatoms. The number of hydrogen-bond acceptors (Lipinski definition) is 13. The van der Waals surface area contributed by atoms with Crippen molar-refractivity contribution < 1.29 is 64.6 Å². The van der Waals surface area contributed by atoms with Gasteiger partial charge in [-0.2, -0.15) is 0 Å². The van der Waals surface area contributed by atoms with Crippen LogP contribution >= 0.6 is 0 Å². The van der Waals surface area contributed by atoms with E-state index in [1.807, 2.05) is 0 Å². The minimum Gasteiger partial charge on any atom is -0.394 e. The Morgan fingerprint density at radius 3 is 1.93 bits per heavy atom. The van der Waals surface area contributed by atoms with Crippen LogP contribution in [-0.4, -0.2) is 140 Å². The highest BCUT2D eigenvalue weighted by Crippen LogP contribution is 2.29. The molecule has 2 heterocycles. The molecule has 14 nitrogen and oxygen atoms in total. The Labute approximate surface area is 241 Å². The molecule has 41 heavy (non-hydrogen) atoms. The van der Waals surface area contributed by atoms with Gasteiger partial charge in [0.2, 0.25) is 5.91 Å². The van der Waals surface area contributed by atoms with Gasteiger partial charge in [0.05, 0.1) is 32.0 Å². The number of nitrogens with one attached hydrogen (secondary N) is 1. The maximum atomic E-state index is 11.7. The number of rotatable bonds is 18. The van der Waals surface area contributed by atoms with Crippen molar-refractivity contribution in [1.29, 1.82) is 0 Å². The van der Waals surface area contributed by atoms with Crippen molar-refractivity contribution in [1.82, 2.24) is 5.32 Å². The third-order valence-electron chi connectivity index (χ3n) is 7.61. The minimum atomic E-state index is -1.77. The molecule has 0 aromatic carbocycles. The Morgan fingerprint density at radius 2 is 1.34 bits per heavy atom. The molecule has 2 aliphatic heterocycles. The summed E-state index contributed by atoms with van der Waals surface area (Å²) in [6.45, 7) is 1.81. The Kier molecular flexibility index (Phi) is 16.4. The minimum absolute atomic E-state index is 0.261. The molecule has 12 atom stereocenters. The molecule has 2 fully saturated rings. The van der Waals surface area contributed by atoms with E-state index in [1.165, 1.54) is 32.6 Å². The van der Waals surface area contributed by atoms with Gasteiger partial charge < -0.3 is 65.1 Å². The first kappa shape index (κ1) is 36.2. The molecule has 0 aromatic rings. The van der Waals surface area contributed by atoms with Crippen molar-refractivity contribution in [2.24, 2.45) is 0 Å². The zero-order valence-electron chi connectivity index (χ0n) is 24.0. The normalized spacial score (nSPS) is 35.7. The summed E-state index contributed by atoms with van der Waals surface area (Å²) in [5.74, 6) is -0.389. The summed E-state index contributed by atoms with van der Waals surface area (Å²) in [6.07, 6.45) is -7.44. The second-order valence-corrected chi connectivity index (χ2v) is 11.0. The lowest BCUT2D eigenvalue weighted by Crippen LogP contribution is -2.65. The molecule has 0 aliphatic carbocycles. The van der Waals surface area contributed by atoms with E-state index in [2.05, 4.69) is 12.2 Å². The lowest BCUT2D eigenvalue weighted by molar-refractivity contribution is -0.359. The first-order valence-corrected chi connectivity index (χ1v) is 14.7. The molecule has 242 valence electrons. The Balaban J connectivity index is 1.92. The summed E-state index contributed by atoms with van der Waals surface area (Å²) in [5, 5.41) is 84.2. The van der Waals surface area contributed by atoms with Crippen molar-refractivity contribution in [2.75, 3.05) is 19.8 Å². The van der Waals surface area contributed by atoms with E-state index < -0.39 is 86.8 Å². The number of ether oxygens (including phenoxy) is 4. The second kappa shape index (κ2) is 18.6. The van der Waals surface area contributed by atoms with Crippen LogP contribution in [0.1, 0.15) is 71.6 Å². The predicted molar refractivity (Wildman–Crippen MR) is 143 cm³/mol. The van der Waals surface area contributed by atoms with Gasteiger partial charge in [-0.3, -0.25) is 4.79 Å². The highest BCUT2D eigenvalue weighted by Gasteiger charge is 2.50. The second-order valence-electron chi connectivity index (χ2n) is 11.0. The summed E-state index contributed by atoms with van der Waals surface area (Å²) in [6, 6.07) is -0.819. The van der Waals surface area contributed by atoms with Gasteiger partial charge in [-0.25, -0.2) is 0 Å². The van der Waals surface area contributed by atoms with Crippen LogP contribution in [0.15, 0.2) is 0 Å². The molecule has 0 aromatic heterocycles. The lowest BCUT2D eigenvalue weighted by Gasteiger charge is -2.46. The average molecular weight is 598 g/mol.